The molecule has 0 aliphatic heterocycles. The second-order valence-corrected chi connectivity index (χ2v) is 7.46. The van der Waals surface area contributed by atoms with Crippen molar-refractivity contribution < 1.29 is 0 Å². The molecule has 1 aliphatic carbocycles. The van der Waals surface area contributed by atoms with Crippen LogP contribution in [0.15, 0.2) is 24.3 Å². The Labute approximate surface area is 126 Å². The summed E-state index contributed by atoms with van der Waals surface area (Å²) in [5.41, 5.74) is 3.04. The van der Waals surface area contributed by atoms with Crippen LogP contribution in [0.4, 0.5) is 0 Å². The number of hydrogen-bond donors (Lipinski definition) is 0. The summed E-state index contributed by atoms with van der Waals surface area (Å²) >= 11 is 0. The number of benzene rings is 1. The van der Waals surface area contributed by atoms with Crippen molar-refractivity contribution >= 4 is 0 Å². The van der Waals surface area contributed by atoms with Gasteiger partial charge in [-0.25, -0.2) is 0 Å². The number of rotatable bonds is 5. The van der Waals surface area contributed by atoms with Crippen LogP contribution in [0.2, 0.25) is 0 Å². The molecule has 0 heteroatoms. The van der Waals surface area contributed by atoms with Gasteiger partial charge in [0.2, 0.25) is 0 Å². The summed E-state index contributed by atoms with van der Waals surface area (Å²) < 4.78 is 0. The van der Waals surface area contributed by atoms with Crippen molar-refractivity contribution in [1.82, 2.24) is 0 Å². The fourth-order valence-electron chi connectivity index (χ4n) is 3.62. The van der Waals surface area contributed by atoms with Crippen LogP contribution >= 0.6 is 0 Å². The van der Waals surface area contributed by atoms with Gasteiger partial charge in [0.25, 0.3) is 0 Å². The molecule has 112 valence electrons. The maximum absolute atomic E-state index is 2.42. The van der Waals surface area contributed by atoms with Crippen LogP contribution in [-0.4, -0.2) is 0 Å². The van der Waals surface area contributed by atoms with Crippen molar-refractivity contribution in [2.75, 3.05) is 0 Å². The van der Waals surface area contributed by atoms with Crippen LogP contribution in [0.5, 0.6) is 0 Å². The van der Waals surface area contributed by atoms with E-state index in [1.165, 1.54) is 44.1 Å². The highest BCUT2D eigenvalue weighted by molar-refractivity contribution is 5.25. The molecule has 1 aliphatic rings. The van der Waals surface area contributed by atoms with E-state index in [-0.39, 0.29) is 0 Å². The van der Waals surface area contributed by atoms with E-state index in [2.05, 4.69) is 52.0 Å². The summed E-state index contributed by atoms with van der Waals surface area (Å²) in [7, 11) is 0. The van der Waals surface area contributed by atoms with Gasteiger partial charge >= 0.3 is 0 Å². The van der Waals surface area contributed by atoms with Gasteiger partial charge in [-0.3, -0.25) is 0 Å². The molecule has 0 nitrogen and oxygen atoms in total. The van der Waals surface area contributed by atoms with Crippen molar-refractivity contribution in [2.45, 2.75) is 72.1 Å². The molecule has 2 rings (SSSR count). The van der Waals surface area contributed by atoms with Crippen LogP contribution in [0.1, 0.15) is 76.8 Å². The van der Waals surface area contributed by atoms with Gasteiger partial charge < -0.3 is 0 Å². The highest BCUT2D eigenvalue weighted by atomic mass is 14.3. The van der Waals surface area contributed by atoms with Crippen LogP contribution in [0, 0.1) is 17.8 Å². The van der Waals surface area contributed by atoms with E-state index >= 15 is 0 Å². The van der Waals surface area contributed by atoms with Gasteiger partial charge in [0.15, 0.2) is 0 Å². The smallest absolute Gasteiger partial charge is 0.0219 e. The molecule has 0 amide bonds. The maximum atomic E-state index is 2.42. The molecule has 20 heavy (non-hydrogen) atoms. The van der Waals surface area contributed by atoms with Crippen LogP contribution in [0.3, 0.4) is 0 Å². The van der Waals surface area contributed by atoms with Crippen LogP contribution in [0.25, 0.3) is 0 Å². The Morgan fingerprint density at radius 2 is 1.70 bits per heavy atom. The number of aryl methyl sites for hydroxylation is 1. The van der Waals surface area contributed by atoms with E-state index < -0.39 is 0 Å². The third kappa shape index (κ3) is 4.36. The first-order valence-corrected chi connectivity index (χ1v) is 8.65. The van der Waals surface area contributed by atoms with Gasteiger partial charge in [-0.15, -0.1) is 0 Å². The van der Waals surface area contributed by atoms with E-state index in [1.807, 2.05) is 0 Å². The molecular weight excluding hydrogens is 240 g/mol. The van der Waals surface area contributed by atoms with Crippen molar-refractivity contribution in [1.29, 1.82) is 0 Å². The molecule has 0 unspecified atom stereocenters. The fourth-order valence-corrected chi connectivity index (χ4v) is 3.62. The van der Waals surface area contributed by atoms with Crippen molar-refractivity contribution in [2.24, 2.45) is 17.8 Å². The third-order valence-electron chi connectivity index (χ3n) is 5.29. The summed E-state index contributed by atoms with van der Waals surface area (Å²) in [4.78, 5) is 0. The Bertz CT molecular complexity index is 394. The SMILES string of the molecule is CC(C)c1cccc(CCC2CCC(C(C)C)CC2)c1. The van der Waals surface area contributed by atoms with Gasteiger partial charge in [0.05, 0.1) is 0 Å². The largest absolute Gasteiger partial charge is 0.0625 e. The Balaban J connectivity index is 1.80. The minimum Gasteiger partial charge on any atom is -0.0625 e. The Hall–Kier alpha value is -0.780. The molecule has 0 atom stereocenters. The predicted molar refractivity (Wildman–Crippen MR) is 89.1 cm³/mol. The third-order valence-corrected chi connectivity index (χ3v) is 5.29. The van der Waals surface area contributed by atoms with Crippen molar-refractivity contribution in [3.8, 4) is 0 Å². The zero-order valence-electron chi connectivity index (χ0n) is 13.9. The maximum Gasteiger partial charge on any atom is -0.0219 e. The fraction of sp³-hybridized carbons (Fsp3) is 0.700. The molecule has 1 aromatic carbocycles. The average molecular weight is 272 g/mol. The van der Waals surface area contributed by atoms with Gasteiger partial charge in [0.1, 0.15) is 0 Å². The molecule has 0 spiro atoms. The van der Waals surface area contributed by atoms with E-state index in [4.69, 9.17) is 0 Å². The lowest BCUT2D eigenvalue weighted by molar-refractivity contribution is 0.217. The lowest BCUT2D eigenvalue weighted by Gasteiger charge is -2.30. The minimum atomic E-state index is 0.649. The molecule has 1 fully saturated rings. The predicted octanol–water partition coefficient (Wildman–Crippen LogP) is 6.21. The van der Waals surface area contributed by atoms with Crippen LogP contribution in [-0.2, 0) is 6.42 Å². The molecular formula is C20H32. The molecule has 1 saturated carbocycles. The molecule has 0 bridgehead atoms. The van der Waals surface area contributed by atoms with Gasteiger partial charge in [-0.1, -0.05) is 64.8 Å². The second-order valence-electron chi connectivity index (χ2n) is 7.46. The Morgan fingerprint density at radius 3 is 2.30 bits per heavy atom. The van der Waals surface area contributed by atoms with E-state index in [0.29, 0.717) is 5.92 Å². The van der Waals surface area contributed by atoms with E-state index in [1.54, 1.807) is 5.56 Å². The molecule has 0 aromatic heterocycles. The standard InChI is InChI=1S/C20H32/c1-15(2)19-12-10-17(11-13-19)8-9-18-6-5-7-20(14-18)16(3)4/h5-7,14-17,19H,8-13H2,1-4H3. The summed E-state index contributed by atoms with van der Waals surface area (Å²) in [6, 6.07) is 9.23. The number of hydrogen-bond acceptors (Lipinski definition) is 0. The quantitative estimate of drug-likeness (QED) is 0.598. The summed E-state index contributed by atoms with van der Waals surface area (Å²) in [6.45, 7) is 9.35. The van der Waals surface area contributed by atoms with Crippen LogP contribution < -0.4 is 0 Å². The lowest BCUT2D eigenvalue weighted by Crippen LogP contribution is -2.18. The lowest BCUT2D eigenvalue weighted by atomic mass is 9.75. The first-order valence-electron chi connectivity index (χ1n) is 8.65. The van der Waals surface area contributed by atoms with Crippen molar-refractivity contribution in [3.05, 3.63) is 35.4 Å². The average Bonchev–Trinajstić information content (AvgIpc) is 2.46. The Kier molecular flexibility index (Phi) is 5.69. The zero-order valence-corrected chi connectivity index (χ0v) is 13.9. The minimum absolute atomic E-state index is 0.649. The Morgan fingerprint density at radius 1 is 1.00 bits per heavy atom. The molecule has 0 heterocycles. The molecule has 0 N–H and O–H groups in total. The summed E-state index contributed by atoms with van der Waals surface area (Å²) in [5.74, 6) is 3.51. The summed E-state index contributed by atoms with van der Waals surface area (Å²) in [5, 5.41) is 0. The highest BCUT2D eigenvalue weighted by Gasteiger charge is 2.22. The van der Waals surface area contributed by atoms with Gasteiger partial charge in [-0.05, 0) is 60.5 Å². The molecule has 0 saturated heterocycles. The van der Waals surface area contributed by atoms with Gasteiger partial charge in [-0.2, -0.15) is 0 Å². The monoisotopic (exact) mass is 272 g/mol. The molecule has 0 radical (unpaired) electrons. The van der Waals surface area contributed by atoms with E-state index in [0.717, 1.165) is 17.8 Å². The molecule has 1 aromatic rings. The van der Waals surface area contributed by atoms with Gasteiger partial charge in [0, 0.05) is 0 Å². The highest BCUT2D eigenvalue weighted by Crippen LogP contribution is 2.35. The van der Waals surface area contributed by atoms with Crippen molar-refractivity contribution in [3.63, 3.8) is 0 Å². The first-order chi connectivity index (χ1) is 9.56. The second kappa shape index (κ2) is 7.29. The first kappa shape index (κ1) is 15.6. The summed E-state index contributed by atoms with van der Waals surface area (Å²) in [6.07, 6.45) is 8.53. The zero-order chi connectivity index (χ0) is 14.5. The normalized spacial score (nSPS) is 23.5. The van der Waals surface area contributed by atoms with E-state index in [9.17, 15) is 0 Å². The topological polar surface area (TPSA) is 0 Å².